The molecule has 1 unspecified atom stereocenters. The van der Waals surface area contributed by atoms with Gasteiger partial charge >= 0.3 is 0 Å². The molecule has 5 heteroatoms. The Morgan fingerprint density at radius 1 is 1.03 bits per heavy atom. The summed E-state index contributed by atoms with van der Waals surface area (Å²) in [6.45, 7) is 6.32. The van der Waals surface area contributed by atoms with Gasteiger partial charge in [0, 0.05) is 46.8 Å². The van der Waals surface area contributed by atoms with Gasteiger partial charge in [-0.1, -0.05) is 23.7 Å². The first kappa shape index (κ1) is 19.7. The lowest BCUT2D eigenvalue weighted by atomic mass is 10.0. The van der Waals surface area contributed by atoms with Gasteiger partial charge in [0.1, 0.15) is 0 Å². The fourth-order valence-corrected chi connectivity index (χ4v) is 5.23. The summed E-state index contributed by atoms with van der Waals surface area (Å²) in [5.41, 5.74) is 3.14. The Labute approximate surface area is 183 Å². The molecule has 0 aliphatic carbocycles. The van der Waals surface area contributed by atoms with Crippen molar-refractivity contribution in [3.8, 4) is 0 Å². The third kappa shape index (κ3) is 3.63. The molecule has 3 heterocycles. The smallest absolute Gasteiger partial charge is 0.253 e. The lowest BCUT2D eigenvalue weighted by molar-refractivity contribution is 0.0780. The molecule has 2 atom stereocenters. The van der Waals surface area contributed by atoms with Crippen LogP contribution in [0.2, 0.25) is 5.02 Å². The van der Waals surface area contributed by atoms with E-state index in [9.17, 15) is 4.79 Å². The van der Waals surface area contributed by atoms with E-state index in [1.165, 1.54) is 31.5 Å². The molecule has 1 amide bonds. The van der Waals surface area contributed by atoms with E-state index in [4.69, 9.17) is 11.6 Å². The monoisotopic (exact) mass is 421 g/mol. The Balaban J connectivity index is 1.29. The van der Waals surface area contributed by atoms with Crippen LogP contribution in [-0.2, 0) is 0 Å². The van der Waals surface area contributed by atoms with Gasteiger partial charge in [0.15, 0.2) is 0 Å². The van der Waals surface area contributed by atoms with Crippen molar-refractivity contribution >= 4 is 28.4 Å². The molecule has 0 spiro atoms. The van der Waals surface area contributed by atoms with Crippen LogP contribution >= 0.6 is 11.6 Å². The highest BCUT2D eigenvalue weighted by atomic mass is 35.5. The predicted octanol–water partition coefficient (Wildman–Crippen LogP) is 5.21. The van der Waals surface area contributed by atoms with Crippen LogP contribution in [0.3, 0.4) is 0 Å². The fraction of sp³-hybridized carbons (Fsp3) is 0.400. The highest BCUT2D eigenvalue weighted by Crippen LogP contribution is 2.28. The van der Waals surface area contributed by atoms with Crippen molar-refractivity contribution in [2.45, 2.75) is 38.3 Å². The lowest BCUT2D eigenvalue weighted by Crippen LogP contribution is -2.37. The van der Waals surface area contributed by atoms with Crippen molar-refractivity contribution < 1.29 is 4.79 Å². The summed E-state index contributed by atoms with van der Waals surface area (Å²) in [6.07, 6.45) is 5.81. The molecule has 1 aromatic heterocycles. The van der Waals surface area contributed by atoms with Crippen LogP contribution in [-0.4, -0.2) is 52.5 Å². The van der Waals surface area contributed by atoms with Crippen LogP contribution < -0.4 is 0 Å². The second-order valence-electron chi connectivity index (χ2n) is 8.66. The zero-order valence-corrected chi connectivity index (χ0v) is 18.2. The van der Waals surface area contributed by atoms with Gasteiger partial charge in [-0.05, 0) is 81.2 Å². The van der Waals surface area contributed by atoms with Crippen molar-refractivity contribution in [3.05, 3.63) is 70.9 Å². The zero-order valence-electron chi connectivity index (χ0n) is 17.4. The van der Waals surface area contributed by atoms with Crippen LogP contribution in [0.4, 0.5) is 0 Å². The van der Waals surface area contributed by atoms with Crippen LogP contribution in [0.15, 0.2) is 54.7 Å². The standard InChI is InChI=1S/C25H28ClN3O/c1-18(29-15-10-21-16-22(26)8-9-24(21)29)19-4-6-20(7-5-19)25(30)28-14-11-23(17-28)27-12-2-3-13-27/h4-10,15-16,18,23H,2-3,11-14,17H2,1H3/t18?,23-/m0/s1. The van der Waals surface area contributed by atoms with E-state index in [2.05, 4.69) is 46.9 Å². The Hall–Kier alpha value is -2.30. The molecular formula is C25H28ClN3O. The van der Waals surface area contributed by atoms with Gasteiger partial charge in [-0.2, -0.15) is 0 Å². The largest absolute Gasteiger partial charge is 0.340 e. The summed E-state index contributed by atoms with van der Waals surface area (Å²) in [6, 6.07) is 17.0. The van der Waals surface area contributed by atoms with Gasteiger partial charge in [0.25, 0.3) is 5.91 Å². The minimum atomic E-state index is 0.164. The molecule has 2 aliphatic rings. The number of amides is 1. The number of aromatic nitrogens is 1. The fourth-order valence-electron chi connectivity index (χ4n) is 5.05. The second-order valence-corrected chi connectivity index (χ2v) is 9.10. The maximum absolute atomic E-state index is 13.0. The van der Waals surface area contributed by atoms with E-state index in [0.29, 0.717) is 6.04 Å². The number of carbonyl (C=O) groups is 1. The average Bonchev–Trinajstić information content (AvgIpc) is 3.52. The third-order valence-corrected chi connectivity index (χ3v) is 7.08. The van der Waals surface area contributed by atoms with Crippen LogP contribution in [0.25, 0.3) is 10.9 Å². The maximum atomic E-state index is 13.0. The molecule has 0 bridgehead atoms. The van der Waals surface area contributed by atoms with E-state index >= 15 is 0 Å². The predicted molar refractivity (Wildman–Crippen MR) is 122 cm³/mol. The first-order chi connectivity index (χ1) is 14.6. The molecular weight excluding hydrogens is 394 g/mol. The number of likely N-dealkylation sites (tertiary alicyclic amines) is 2. The van der Waals surface area contributed by atoms with E-state index in [-0.39, 0.29) is 11.9 Å². The first-order valence-electron chi connectivity index (χ1n) is 11.0. The van der Waals surface area contributed by atoms with E-state index < -0.39 is 0 Å². The van der Waals surface area contributed by atoms with Gasteiger partial charge in [0.05, 0.1) is 6.04 Å². The van der Waals surface area contributed by atoms with Gasteiger partial charge < -0.3 is 9.47 Å². The highest BCUT2D eigenvalue weighted by Gasteiger charge is 2.31. The minimum absolute atomic E-state index is 0.164. The molecule has 2 aliphatic heterocycles. The summed E-state index contributed by atoms with van der Waals surface area (Å²) in [7, 11) is 0. The summed E-state index contributed by atoms with van der Waals surface area (Å²) >= 11 is 6.12. The molecule has 2 aromatic carbocycles. The molecule has 2 saturated heterocycles. The lowest BCUT2D eigenvalue weighted by Gasteiger charge is -2.23. The van der Waals surface area contributed by atoms with Gasteiger partial charge in [-0.25, -0.2) is 0 Å². The SMILES string of the molecule is CC(c1ccc(C(=O)N2CC[C@H](N3CCCC3)C2)cc1)n1ccc2cc(Cl)ccc21. The zero-order chi connectivity index (χ0) is 20.7. The van der Waals surface area contributed by atoms with Crippen molar-refractivity contribution in [1.82, 2.24) is 14.4 Å². The molecule has 156 valence electrons. The summed E-state index contributed by atoms with van der Waals surface area (Å²) < 4.78 is 2.25. The molecule has 0 radical (unpaired) electrons. The van der Waals surface area contributed by atoms with Crippen molar-refractivity contribution in [2.24, 2.45) is 0 Å². The molecule has 2 fully saturated rings. The van der Waals surface area contributed by atoms with Gasteiger partial charge in [-0.15, -0.1) is 0 Å². The van der Waals surface area contributed by atoms with Crippen molar-refractivity contribution in [3.63, 3.8) is 0 Å². The quantitative estimate of drug-likeness (QED) is 0.578. The molecule has 0 saturated carbocycles. The Bertz CT molecular complexity index is 1050. The third-order valence-electron chi connectivity index (χ3n) is 6.85. The topological polar surface area (TPSA) is 28.5 Å². The second kappa shape index (κ2) is 8.09. The number of rotatable bonds is 4. The van der Waals surface area contributed by atoms with Gasteiger partial charge in [0.2, 0.25) is 0 Å². The summed E-state index contributed by atoms with van der Waals surface area (Å²) in [5, 5.41) is 1.90. The number of carbonyl (C=O) groups excluding carboxylic acids is 1. The number of nitrogens with zero attached hydrogens (tertiary/aromatic N) is 3. The Morgan fingerprint density at radius 3 is 2.57 bits per heavy atom. The van der Waals surface area contributed by atoms with Crippen LogP contribution in [0.5, 0.6) is 0 Å². The summed E-state index contributed by atoms with van der Waals surface area (Å²) in [4.78, 5) is 17.6. The Morgan fingerprint density at radius 2 is 1.80 bits per heavy atom. The number of hydrogen-bond acceptors (Lipinski definition) is 2. The average molecular weight is 422 g/mol. The van der Waals surface area contributed by atoms with Crippen LogP contribution in [0.1, 0.15) is 48.1 Å². The highest BCUT2D eigenvalue weighted by molar-refractivity contribution is 6.31. The minimum Gasteiger partial charge on any atom is -0.340 e. The molecule has 0 N–H and O–H groups in total. The van der Waals surface area contributed by atoms with E-state index in [1.807, 2.05) is 29.2 Å². The molecule has 5 rings (SSSR count). The van der Waals surface area contributed by atoms with E-state index in [1.54, 1.807) is 0 Å². The van der Waals surface area contributed by atoms with Crippen LogP contribution in [0, 0.1) is 0 Å². The number of hydrogen-bond donors (Lipinski definition) is 0. The number of fused-ring (bicyclic) bond motifs is 1. The Kier molecular flexibility index (Phi) is 5.30. The maximum Gasteiger partial charge on any atom is 0.253 e. The van der Waals surface area contributed by atoms with Gasteiger partial charge in [-0.3, -0.25) is 9.69 Å². The number of halogens is 1. The molecule has 3 aromatic rings. The molecule has 30 heavy (non-hydrogen) atoms. The number of benzene rings is 2. The summed E-state index contributed by atoms with van der Waals surface area (Å²) in [5.74, 6) is 0.164. The normalized spacial score (nSPS) is 20.9. The van der Waals surface area contributed by atoms with Crippen molar-refractivity contribution in [1.29, 1.82) is 0 Å². The molecule has 4 nitrogen and oxygen atoms in total. The van der Waals surface area contributed by atoms with E-state index in [0.717, 1.165) is 41.0 Å². The van der Waals surface area contributed by atoms with Crippen molar-refractivity contribution in [2.75, 3.05) is 26.2 Å². The first-order valence-corrected chi connectivity index (χ1v) is 11.4.